The van der Waals surface area contributed by atoms with Crippen molar-refractivity contribution in [1.29, 1.82) is 0 Å². The highest BCUT2D eigenvalue weighted by atomic mass is 35.7. The van der Waals surface area contributed by atoms with E-state index in [0.717, 1.165) is 0 Å². The van der Waals surface area contributed by atoms with Gasteiger partial charge < -0.3 is 0 Å². The Kier molecular flexibility index (Phi) is 2.65. The van der Waals surface area contributed by atoms with Crippen molar-refractivity contribution in [2.24, 2.45) is 0 Å². The minimum atomic E-state index is -3.69. The molecule has 9 heteroatoms. The van der Waals surface area contributed by atoms with Crippen molar-refractivity contribution in [3.8, 4) is 0 Å². The van der Waals surface area contributed by atoms with Crippen molar-refractivity contribution >= 4 is 42.1 Å². The summed E-state index contributed by atoms with van der Waals surface area (Å²) in [5.74, 6) is -0.291. The Morgan fingerprint density at radius 2 is 2.33 bits per heavy atom. The number of nitrogens with zero attached hydrogens (tertiary/aromatic N) is 3. The molecule has 0 N–H and O–H groups in total. The van der Waals surface area contributed by atoms with Gasteiger partial charge in [0.1, 0.15) is 10.8 Å². The Hall–Kier alpha value is -0.730. The molecule has 6 nitrogen and oxygen atoms in total. The van der Waals surface area contributed by atoms with E-state index in [1.807, 2.05) is 0 Å². The van der Waals surface area contributed by atoms with Gasteiger partial charge in [0.25, 0.3) is 0 Å². The molecule has 1 aromatic heterocycles. The van der Waals surface area contributed by atoms with E-state index in [1.54, 1.807) is 0 Å². The second-order valence-electron chi connectivity index (χ2n) is 3.03. The normalized spacial score (nSPS) is 22.3. The summed E-state index contributed by atoms with van der Waals surface area (Å²) >= 11 is 1.18. The lowest BCUT2D eigenvalue weighted by atomic mass is 10.4. The molecule has 1 aliphatic heterocycles. The van der Waals surface area contributed by atoms with Crippen LogP contribution in [-0.4, -0.2) is 36.3 Å². The largest absolute Gasteiger partial charge is 0.285 e. The van der Waals surface area contributed by atoms with Crippen LogP contribution in [0.4, 0.5) is 5.13 Å². The van der Waals surface area contributed by atoms with Crippen LogP contribution in [-0.2, 0) is 13.8 Å². The standard InChI is InChI=1S/C6H6ClN3O3S2/c7-15(12,13)4-1-5(11)10(2-4)6-9-8-3-14-6/h3-4H,1-2H2. The Labute approximate surface area is 94.3 Å². The quantitative estimate of drug-likeness (QED) is 0.716. The predicted molar refractivity (Wildman–Crippen MR) is 55.4 cm³/mol. The third-order valence-corrected chi connectivity index (χ3v) is 4.65. The number of anilines is 1. The molecule has 0 aromatic carbocycles. The summed E-state index contributed by atoms with van der Waals surface area (Å²) in [7, 11) is 1.50. The highest BCUT2D eigenvalue weighted by molar-refractivity contribution is 8.14. The van der Waals surface area contributed by atoms with Gasteiger partial charge in [-0.3, -0.25) is 9.69 Å². The number of rotatable bonds is 2. The molecule has 1 aliphatic rings. The fraction of sp³-hybridized carbons (Fsp3) is 0.500. The zero-order valence-electron chi connectivity index (χ0n) is 7.33. The number of halogens is 1. The highest BCUT2D eigenvalue weighted by Gasteiger charge is 2.39. The van der Waals surface area contributed by atoms with Crippen LogP contribution < -0.4 is 4.90 Å². The van der Waals surface area contributed by atoms with Gasteiger partial charge in [-0.15, -0.1) is 10.2 Å². The van der Waals surface area contributed by atoms with Gasteiger partial charge in [0, 0.05) is 23.6 Å². The molecule has 0 radical (unpaired) electrons. The number of hydrogen-bond acceptors (Lipinski definition) is 6. The number of carbonyl (C=O) groups is 1. The van der Waals surface area contributed by atoms with Crippen molar-refractivity contribution in [1.82, 2.24) is 10.2 Å². The summed E-state index contributed by atoms with van der Waals surface area (Å²) < 4.78 is 22.1. The third kappa shape index (κ3) is 2.11. The van der Waals surface area contributed by atoms with E-state index in [-0.39, 0.29) is 18.9 Å². The van der Waals surface area contributed by atoms with E-state index in [1.165, 1.54) is 21.7 Å². The second-order valence-corrected chi connectivity index (χ2v) is 6.75. The van der Waals surface area contributed by atoms with Crippen LogP contribution in [0.3, 0.4) is 0 Å². The first-order chi connectivity index (χ1) is 6.98. The van der Waals surface area contributed by atoms with Crippen LogP contribution in [0, 0.1) is 0 Å². The maximum absolute atomic E-state index is 11.5. The summed E-state index contributed by atoms with van der Waals surface area (Å²) in [4.78, 5) is 12.8. The van der Waals surface area contributed by atoms with Crippen molar-refractivity contribution in [2.45, 2.75) is 11.7 Å². The van der Waals surface area contributed by atoms with Crippen LogP contribution in [0.15, 0.2) is 5.51 Å². The van der Waals surface area contributed by atoms with Gasteiger partial charge in [0.05, 0.1) is 0 Å². The van der Waals surface area contributed by atoms with Gasteiger partial charge in [-0.2, -0.15) is 0 Å². The zero-order valence-corrected chi connectivity index (χ0v) is 9.72. The average Bonchev–Trinajstić information content (AvgIpc) is 2.69. The summed E-state index contributed by atoms with van der Waals surface area (Å²) in [6, 6.07) is 0. The van der Waals surface area contributed by atoms with E-state index < -0.39 is 14.3 Å². The summed E-state index contributed by atoms with van der Waals surface area (Å²) in [6.07, 6.45) is -0.0919. The van der Waals surface area contributed by atoms with Gasteiger partial charge >= 0.3 is 0 Å². The molecule has 1 fully saturated rings. The predicted octanol–water partition coefficient (Wildman–Crippen LogP) is 0.212. The number of aromatic nitrogens is 2. The number of hydrogen-bond donors (Lipinski definition) is 0. The van der Waals surface area contributed by atoms with Crippen LogP contribution in [0.2, 0.25) is 0 Å². The lowest BCUT2D eigenvalue weighted by Gasteiger charge is -2.10. The van der Waals surface area contributed by atoms with Crippen molar-refractivity contribution in [3.05, 3.63) is 5.51 Å². The molecule has 2 heterocycles. The zero-order chi connectivity index (χ0) is 11.1. The molecule has 1 atom stereocenters. The summed E-state index contributed by atoms with van der Waals surface area (Å²) in [5.41, 5.74) is 1.48. The maximum Gasteiger partial charge on any atom is 0.237 e. The smallest absolute Gasteiger partial charge is 0.237 e. The van der Waals surface area contributed by atoms with Gasteiger partial charge in [-0.1, -0.05) is 11.3 Å². The van der Waals surface area contributed by atoms with Crippen LogP contribution >= 0.6 is 22.0 Å². The summed E-state index contributed by atoms with van der Waals surface area (Å²) in [6.45, 7) is 0.0554. The molecule has 15 heavy (non-hydrogen) atoms. The molecule has 2 rings (SSSR count). The lowest BCUT2D eigenvalue weighted by molar-refractivity contribution is -0.117. The molecule has 0 aliphatic carbocycles. The highest BCUT2D eigenvalue weighted by Crippen LogP contribution is 2.27. The van der Waals surface area contributed by atoms with E-state index >= 15 is 0 Å². The number of carbonyl (C=O) groups excluding carboxylic acids is 1. The molecular formula is C6H6ClN3O3S2. The Morgan fingerprint density at radius 1 is 1.60 bits per heavy atom. The van der Waals surface area contributed by atoms with E-state index in [9.17, 15) is 13.2 Å². The summed E-state index contributed by atoms with van der Waals surface area (Å²) in [5, 5.41) is 6.84. The molecular weight excluding hydrogens is 262 g/mol. The Bertz CT molecular complexity index is 472. The lowest BCUT2D eigenvalue weighted by Crippen LogP contribution is -2.26. The van der Waals surface area contributed by atoms with Gasteiger partial charge in [0.15, 0.2) is 0 Å². The van der Waals surface area contributed by atoms with Crippen molar-refractivity contribution in [2.75, 3.05) is 11.4 Å². The van der Waals surface area contributed by atoms with Crippen LogP contribution in [0.5, 0.6) is 0 Å². The second kappa shape index (κ2) is 3.69. The van der Waals surface area contributed by atoms with Crippen molar-refractivity contribution < 1.29 is 13.2 Å². The Balaban J connectivity index is 2.23. The molecule has 1 saturated heterocycles. The minimum Gasteiger partial charge on any atom is -0.285 e. The van der Waals surface area contributed by atoms with Crippen molar-refractivity contribution in [3.63, 3.8) is 0 Å². The number of amides is 1. The molecule has 1 aromatic rings. The van der Waals surface area contributed by atoms with Crippen LogP contribution in [0.1, 0.15) is 6.42 Å². The van der Waals surface area contributed by atoms with E-state index in [2.05, 4.69) is 10.2 Å². The topological polar surface area (TPSA) is 80.2 Å². The first kappa shape index (κ1) is 10.8. The average molecular weight is 268 g/mol. The van der Waals surface area contributed by atoms with E-state index in [0.29, 0.717) is 5.13 Å². The fourth-order valence-electron chi connectivity index (χ4n) is 1.33. The molecule has 1 amide bonds. The fourth-order valence-corrected chi connectivity index (χ4v) is 2.95. The van der Waals surface area contributed by atoms with Crippen LogP contribution in [0.25, 0.3) is 0 Å². The monoisotopic (exact) mass is 267 g/mol. The Morgan fingerprint density at radius 3 is 2.80 bits per heavy atom. The van der Waals surface area contributed by atoms with E-state index in [4.69, 9.17) is 10.7 Å². The molecule has 0 saturated carbocycles. The molecule has 1 unspecified atom stereocenters. The third-order valence-electron chi connectivity index (χ3n) is 2.07. The maximum atomic E-state index is 11.5. The molecule has 82 valence electrons. The SMILES string of the molecule is O=C1CC(S(=O)(=O)Cl)CN1c1nncs1. The molecule has 0 spiro atoms. The van der Waals surface area contributed by atoms with Gasteiger partial charge in [-0.05, 0) is 0 Å². The molecule has 0 bridgehead atoms. The van der Waals surface area contributed by atoms with Gasteiger partial charge in [0.2, 0.25) is 20.1 Å². The van der Waals surface area contributed by atoms with Gasteiger partial charge in [-0.25, -0.2) is 8.42 Å². The first-order valence-corrected chi connectivity index (χ1v) is 7.23. The minimum absolute atomic E-state index is 0.0554. The first-order valence-electron chi connectivity index (χ1n) is 3.98.